The minimum atomic E-state index is -4.22. The van der Waals surface area contributed by atoms with Crippen molar-refractivity contribution in [2.45, 2.75) is 18.6 Å². The Bertz CT molecular complexity index is 174. The first-order valence-corrected chi connectivity index (χ1v) is 4.68. The number of aliphatic hydroxyl groups is 1. The van der Waals surface area contributed by atoms with Crippen LogP contribution in [0.2, 0.25) is 0 Å². The maximum absolute atomic E-state index is 12.5. The second-order valence-corrected chi connectivity index (χ2v) is 3.37. The Morgan fingerprint density at radius 2 is 2.14 bits per heavy atom. The van der Waals surface area contributed by atoms with E-state index >= 15 is 0 Å². The van der Waals surface area contributed by atoms with E-state index in [1.165, 1.54) is 4.90 Å². The molecule has 0 aromatic heterocycles. The van der Waals surface area contributed by atoms with E-state index in [0.29, 0.717) is 19.5 Å². The average molecular weight is 212 g/mol. The molecule has 0 radical (unpaired) electrons. The first-order valence-electron chi connectivity index (χ1n) is 4.68. The van der Waals surface area contributed by atoms with Crippen LogP contribution in [-0.2, 0) is 0 Å². The Morgan fingerprint density at radius 1 is 1.43 bits per heavy atom. The van der Waals surface area contributed by atoms with E-state index in [4.69, 9.17) is 5.11 Å². The summed E-state index contributed by atoms with van der Waals surface area (Å²) in [6.07, 6.45) is -3.53. The molecule has 14 heavy (non-hydrogen) atoms. The zero-order valence-corrected chi connectivity index (χ0v) is 7.85. The minimum Gasteiger partial charge on any atom is -0.395 e. The van der Waals surface area contributed by atoms with Gasteiger partial charge in [-0.3, -0.25) is 4.90 Å². The van der Waals surface area contributed by atoms with E-state index in [1.807, 2.05) is 0 Å². The average Bonchev–Trinajstić information content (AvgIpc) is 2.29. The predicted octanol–water partition coefficient (Wildman–Crippen LogP) is 0.205. The molecule has 1 rings (SSSR count). The third kappa shape index (κ3) is 3.11. The molecule has 0 aromatic rings. The quantitative estimate of drug-likeness (QED) is 0.686. The number of aliphatic hydroxyl groups excluding tert-OH is 1. The van der Waals surface area contributed by atoms with E-state index in [0.717, 1.165) is 0 Å². The van der Waals surface area contributed by atoms with Gasteiger partial charge in [0.2, 0.25) is 0 Å². The van der Waals surface area contributed by atoms with Crippen molar-refractivity contribution in [1.29, 1.82) is 0 Å². The highest BCUT2D eigenvalue weighted by atomic mass is 19.4. The van der Waals surface area contributed by atoms with Gasteiger partial charge in [-0.25, -0.2) is 0 Å². The molecule has 0 aliphatic carbocycles. The molecule has 0 aromatic carbocycles. The predicted molar refractivity (Wildman–Crippen MR) is 46.0 cm³/mol. The number of hydrogen-bond donors (Lipinski definition) is 2. The van der Waals surface area contributed by atoms with Crippen LogP contribution in [0, 0.1) is 0 Å². The molecule has 1 atom stereocenters. The lowest BCUT2D eigenvalue weighted by atomic mass is 10.2. The molecule has 1 heterocycles. The summed E-state index contributed by atoms with van der Waals surface area (Å²) in [5.74, 6) is 0. The normalized spacial score (nSPS) is 26.1. The van der Waals surface area contributed by atoms with Crippen molar-refractivity contribution in [1.82, 2.24) is 10.2 Å². The summed E-state index contributed by atoms with van der Waals surface area (Å²) in [6.45, 7) is 0.772. The van der Waals surface area contributed by atoms with Gasteiger partial charge in [-0.1, -0.05) is 0 Å². The molecule has 84 valence electrons. The summed E-state index contributed by atoms with van der Waals surface area (Å²) in [6, 6.07) is -1.46. The standard InChI is InChI=1S/C8H15F3N2O/c9-8(10,11)7-6-12-2-1-3-13(7)4-5-14/h7,12,14H,1-6H2. The van der Waals surface area contributed by atoms with Gasteiger partial charge < -0.3 is 10.4 Å². The molecule has 0 bridgehead atoms. The molecule has 6 heteroatoms. The molecule has 0 spiro atoms. The second kappa shape index (κ2) is 4.95. The van der Waals surface area contributed by atoms with Crippen molar-refractivity contribution in [3.05, 3.63) is 0 Å². The van der Waals surface area contributed by atoms with Crippen molar-refractivity contribution in [3.63, 3.8) is 0 Å². The highest BCUT2D eigenvalue weighted by Crippen LogP contribution is 2.25. The van der Waals surface area contributed by atoms with Gasteiger partial charge in [-0.2, -0.15) is 13.2 Å². The van der Waals surface area contributed by atoms with E-state index < -0.39 is 12.2 Å². The summed E-state index contributed by atoms with van der Waals surface area (Å²) in [4.78, 5) is 1.29. The lowest BCUT2D eigenvalue weighted by Crippen LogP contribution is -2.50. The highest BCUT2D eigenvalue weighted by Gasteiger charge is 2.43. The molecule has 0 saturated carbocycles. The fraction of sp³-hybridized carbons (Fsp3) is 1.00. The lowest BCUT2D eigenvalue weighted by molar-refractivity contribution is -0.181. The topological polar surface area (TPSA) is 35.5 Å². The number of rotatable bonds is 2. The maximum Gasteiger partial charge on any atom is 0.405 e. The summed E-state index contributed by atoms with van der Waals surface area (Å²) in [5.41, 5.74) is 0. The Labute approximate surface area is 80.9 Å². The summed E-state index contributed by atoms with van der Waals surface area (Å²) >= 11 is 0. The number of halogens is 3. The fourth-order valence-electron chi connectivity index (χ4n) is 1.65. The summed E-state index contributed by atoms with van der Waals surface area (Å²) in [5, 5.41) is 11.4. The van der Waals surface area contributed by atoms with Crippen LogP contribution in [0.5, 0.6) is 0 Å². The number of nitrogens with one attached hydrogen (secondary N) is 1. The van der Waals surface area contributed by atoms with Gasteiger partial charge in [0, 0.05) is 19.6 Å². The van der Waals surface area contributed by atoms with E-state index in [9.17, 15) is 13.2 Å². The van der Waals surface area contributed by atoms with Crippen LogP contribution in [0.1, 0.15) is 6.42 Å². The van der Waals surface area contributed by atoms with E-state index in [-0.39, 0.29) is 19.7 Å². The van der Waals surface area contributed by atoms with Gasteiger partial charge in [0.25, 0.3) is 0 Å². The third-order valence-corrected chi connectivity index (χ3v) is 2.34. The van der Waals surface area contributed by atoms with Crippen molar-refractivity contribution >= 4 is 0 Å². The van der Waals surface area contributed by atoms with Crippen molar-refractivity contribution in [3.8, 4) is 0 Å². The molecule has 1 unspecified atom stereocenters. The van der Waals surface area contributed by atoms with Crippen LogP contribution in [0.3, 0.4) is 0 Å². The van der Waals surface area contributed by atoms with E-state index in [1.54, 1.807) is 0 Å². The Kier molecular flexibility index (Phi) is 4.15. The molecule has 1 aliphatic rings. The maximum atomic E-state index is 12.5. The zero-order chi connectivity index (χ0) is 10.6. The molecule has 3 nitrogen and oxygen atoms in total. The van der Waals surface area contributed by atoms with Crippen LogP contribution < -0.4 is 5.32 Å². The van der Waals surface area contributed by atoms with Gasteiger partial charge in [-0.15, -0.1) is 0 Å². The van der Waals surface area contributed by atoms with Crippen LogP contribution in [0.4, 0.5) is 13.2 Å². The minimum absolute atomic E-state index is 0.0799. The monoisotopic (exact) mass is 212 g/mol. The second-order valence-electron chi connectivity index (χ2n) is 3.37. The molecule has 1 fully saturated rings. The third-order valence-electron chi connectivity index (χ3n) is 2.34. The molecule has 0 amide bonds. The van der Waals surface area contributed by atoms with E-state index in [2.05, 4.69) is 5.32 Å². The number of β-amino-alcohol motifs (C(OH)–C–C–N with tert-alkyl or cyclic N) is 1. The highest BCUT2D eigenvalue weighted by molar-refractivity contribution is 4.83. The van der Waals surface area contributed by atoms with Crippen LogP contribution in [-0.4, -0.2) is 55.0 Å². The van der Waals surface area contributed by atoms with Gasteiger partial charge in [0.05, 0.1) is 6.61 Å². The van der Waals surface area contributed by atoms with Crippen LogP contribution in [0.15, 0.2) is 0 Å². The Balaban J connectivity index is 2.64. The molecule has 1 saturated heterocycles. The number of hydrogen-bond acceptors (Lipinski definition) is 3. The molecular formula is C8H15F3N2O. The number of alkyl halides is 3. The number of nitrogens with zero attached hydrogens (tertiary/aromatic N) is 1. The van der Waals surface area contributed by atoms with Crippen LogP contribution >= 0.6 is 0 Å². The molecule has 1 aliphatic heterocycles. The van der Waals surface area contributed by atoms with Crippen molar-refractivity contribution in [2.24, 2.45) is 0 Å². The van der Waals surface area contributed by atoms with Gasteiger partial charge in [0.1, 0.15) is 6.04 Å². The van der Waals surface area contributed by atoms with Gasteiger partial charge >= 0.3 is 6.18 Å². The first-order chi connectivity index (χ1) is 6.55. The zero-order valence-electron chi connectivity index (χ0n) is 7.85. The van der Waals surface area contributed by atoms with Crippen molar-refractivity contribution in [2.75, 3.05) is 32.8 Å². The van der Waals surface area contributed by atoms with Crippen molar-refractivity contribution < 1.29 is 18.3 Å². The molecular weight excluding hydrogens is 197 g/mol. The van der Waals surface area contributed by atoms with Gasteiger partial charge in [-0.05, 0) is 13.0 Å². The summed E-state index contributed by atoms with van der Waals surface area (Å²) in [7, 11) is 0. The SMILES string of the molecule is OCCN1CCCNCC1C(F)(F)F. The van der Waals surface area contributed by atoms with Gasteiger partial charge in [0.15, 0.2) is 0 Å². The van der Waals surface area contributed by atoms with Crippen LogP contribution in [0.25, 0.3) is 0 Å². The summed E-state index contributed by atoms with van der Waals surface area (Å²) < 4.78 is 37.6. The lowest BCUT2D eigenvalue weighted by Gasteiger charge is -2.30. The first kappa shape index (κ1) is 11.7. The Morgan fingerprint density at radius 3 is 2.71 bits per heavy atom. The largest absolute Gasteiger partial charge is 0.405 e. The Hall–Kier alpha value is -0.330. The smallest absolute Gasteiger partial charge is 0.395 e. The molecule has 2 N–H and O–H groups in total. The fourth-order valence-corrected chi connectivity index (χ4v) is 1.65.